The second kappa shape index (κ2) is 3.84. The van der Waals surface area contributed by atoms with Gasteiger partial charge in [0.1, 0.15) is 20.0 Å². The Morgan fingerprint density at radius 1 is 1.20 bits per heavy atom. The molecule has 0 aromatic carbocycles. The number of alkyl halides is 3. The van der Waals surface area contributed by atoms with Crippen LogP contribution in [0.5, 0.6) is 0 Å². The van der Waals surface area contributed by atoms with Crippen LogP contribution in [0, 0.1) is 18.3 Å². The van der Waals surface area contributed by atoms with Crippen molar-refractivity contribution in [2.45, 2.75) is 6.92 Å². The Kier molecular flexibility index (Phi) is 3.76. The molecule has 0 saturated heterocycles. The fraction of sp³-hybridized carbons (Fsp3) is 0.857. The van der Waals surface area contributed by atoms with Crippen molar-refractivity contribution in [3.8, 4) is 0 Å². The topological polar surface area (TPSA) is 0 Å². The molecule has 3 heteroatoms. The van der Waals surface area contributed by atoms with Crippen LogP contribution in [0.2, 0.25) is 0 Å². The molecular formula is C7H12F3. The van der Waals surface area contributed by atoms with Crippen molar-refractivity contribution in [2.24, 2.45) is 11.3 Å². The Morgan fingerprint density at radius 3 is 1.50 bits per heavy atom. The molecule has 0 heterocycles. The molecular weight excluding hydrogens is 141 g/mol. The fourth-order valence-electron chi connectivity index (χ4n) is 0.502. The minimum atomic E-state index is -1.49. The maximum atomic E-state index is 12.0. The van der Waals surface area contributed by atoms with Gasteiger partial charge in [0, 0.05) is 0 Å². The van der Waals surface area contributed by atoms with Crippen LogP contribution in [-0.4, -0.2) is 20.0 Å². The smallest absolute Gasteiger partial charge is 0.100 e. The predicted molar refractivity (Wildman–Crippen MR) is 34.9 cm³/mol. The molecule has 1 radical (unpaired) electrons. The summed E-state index contributed by atoms with van der Waals surface area (Å²) in [7, 11) is 0. The first kappa shape index (κ1) is 9.79. The third kappa shape index (κ3) is 1.64. The van der Waals surface area contributed by atoms with E-state index in [1.165, 1.54) is 6.92 Å². The van der Waals surface area contributed by atoms with Crippen LogP contribution < -0.4 is 0 Å². The molecule has 1 unspecified atom stereocenters. The lowest BCUT2D eigenvalue weighted by molar-refractivity contribution is 0.0734. The lowest BCUT2D eigenvalue weighted by atomic mass is 9.81. The van der Waals surface area contributed by atoms with Crippen molar-refractivity contribution in [3.63, 3.8) is 0 Å². The van der Waals surface area contributed by atoms with Crippen LogP contribution in [0.3, 0.4) is 0 Å². The van der Waals surface area contributed by atoms with Crippen molar-refractivity contribution in [3.05, 3.63) is 6.92 Å². The van der Waals surface area contributed by atoms with Crippen molar-refractivity contribution >= 4 is 0 Å². The van der Waals surface area contributed by atoms with E-state index in [-0.39, 0.29) is 0 Å². The molecule has 0 aliphatic carbocycles. The Hall–Kier alpha value is -0.210. The normalized spacial score (nSPS) is 12.6. The summed E-state index contributed by atoms with van der Waals surface area (Å²) < 4.78 is 36.1. The van der Waals surface area contributed by atoms with E-state index in [1.807, 2.05) is 0 Å². The third-order valence-electron chi connectivity index (χ3n) is 1.84. The third-order valence-corrected chi connectivity index (χ3v) is 1.84. The van der Waals surface area contributed by atoms with Gasteiger partial charge in [-0.25, -0.2) is 0 Å². The zero-order valence-electron chi connectivity index (χ0n) is 6.04. The summed E-state index contributed by atoms with van der Waals surface area (Å²) in [5, 5.41) is 0. The SMILES string of the molecule is [CH2]C(C)C(CF)(CF)CF. The van der Waals surface area contributed by atoms with E-state index in [4.69, 9.17) is 0 Å². The highest BCUT2D eigenvalue weighted by Crippen LogP contribution is 2.28. The van der Waals surface area contributed by atoms with E-state index in [0.29, 0.717) is 0 Å². The van der Waals surface area contributed by atoms with Gasteiger partial charge in [0.15, 0.2) is 0 Å². The molecule has 0 aliphatic heterocycles. The van der Waals surface area contributed by atoms with Crippen LogP contribution in [-0.2, 0) is 0 Å². The van der Waals surface area contributed by atoms with E-state index < -0.39 is 31.4 Å². The maximum absolute atomic E-state index is 12.0. The van der Waals surface area contributed by atoms with Crippen molar-refractivity contribution in [1.29, 1.82) is 0 Å². The molecule has 0 saturated carbocycles. The second-order valence-corrected chi connectivity index (χ2v) is 2.66. The van der Waals surface area contributed by atoms with Crippen molar-refractivity contribution in [2.75, 3.05) is 20.0 Å². The van der Waals surface area contributed by atoms with E-state index >= 15 is 0 Å². The lowest BCUT2D eigenvalue weighted by Gasteiger charge is -2.28. The molecule has 0 nitrogen and oxygen atoms in total. The highest BCUT2D eigenvalue weighted by molar-refractivity contribution is 4.84. The quantitative estimate of drug-likeness (QED) is 0.581. The Balaban J connectivity index is 4.15. The summed E-state index contributed by atoms with van der Waals surface area (Å²) in [6.07, 6.45) is 0. The van der Waals surface area contributed by atoms with Gasteiger partial charge in [-0.15, -0.1) is 0 Å². The average Bonchev–Trinajstić information content (AvgIpc) is 1.92. The zero-order valence-corrected chi connectivity index (χ0v) is 6.04. The fourth-order valence-corrected chi connectivity index (χ4v) is 0.502. The molecule has 10 heavy (non-hydrogen) atoms. The van der Waals surface area contributed by atoms with Gasteiger partial charge in [-0.3, -0.25) is 13.2 Å². The van der Waals surface area contributed by atoms with Gasteiger partial charge in [-0.2, -0.15) is 0 Å². The lowest BCUT2D eigenvalue weighted by Crippen LogP contribution is -2.34. The molecule has 0 fully saturated rings. The van der Waals surface area contributed by atoms with E-state index in [2.05, 4.69) is 6.92 Å². The van der Waals surface area contributed by atoms with Crippen LogP contribution in [0.15, 0.2) is 0 Å². The zero-order chi connectivity index (χ0) is 8.20. The van der Waals surface area contributed by atoms with Crippen molar-refractivity contribution in [1.82, 2.24) is 0 Å². The van der Waals surface area contributed by atoms with Gasteiger partial charge in [0.05, 0.1) is 5.41 Å². The second-order valence-electron chi connectivity index (χ2n) is 2.66. The minimum absolute atomic E-state index is 0.535. The maximum Gasteiger partial charge on any atom is 0.100 e. The first-order valence-electron chi connectivity index (χ1n) is 3.14. The Morgan fingerprint density at radius 2 is 1.50 bits per heavy atom. The molecule has 1 atom stereocenters. The summed E-state index contributed by atoms with van der Waals surface area (Å²) >= 11 is 0. The highest BCUT2D eigenvalue weighted by Gasteiger charge is 2.34. The monoisotopic (exact) mass is 153 g/mol. The van der Waals surface area contributed by atoms with Crippen LogP contribution in [0.25, 0.3) is 0 Å². The van der Waals surface area contributed by atoms with E-state index in [0.717, 1.165) is 0 Å². The molecule has 0 aromatic heterocycles. The first-order valence-corrected chi connectivity index (χ1v) is 3.14. The Bertz CT molecular complexity index is 78.6. The molecule has 0 aromatic rings. The van der Waals surface area contributed by atoms with Gasteiger partial charge >= 0.3 is 0 Å². The number of hydrogen-bond donors (Lipinski definition) is 0. The highest BCUT2D eigenvalue weighted by atomic mass is 19.1. The summed E-state index contributed by atoms with van der Waals surface area (Å²) in [6.45, 7) is 1.97. The van der Waals surface area contributed by atoms with Gasteiger partial charge in [-0.1, -0.05) is 6.92 Å². The van der Waals surface area contributed by atoms with Gasteiger partial charge < -0.3 is 0 Å². The van der Waals surface area contributed by atoms with E-state index in [1.54, 1.807) is 0 Å². The number of halogens is 3. The average molecular weight is 153 g/mol. The summed E-state index contributed by atoms with van der Waals surface area (Å²) in [6, 6.07) is 0. The summed E-state index contributed by atoms with van der Waals surface area (Å²) in [4.78, 5) is 0. The van der Waals surface area contributed by atoms with Gasteiger partial charge in [0.2, 0.25) is 0 Å². The first-order chi connectivity index (χ1) is 4.63. The molecule has 0 spiro atoms. The molecule has 0 N–H and O–H groups in total. The minimum Gasteiger partial charge on any atom is -0.250 e. The largest absolute Gasteiger partial charge is 0.250 e. The molecule has 0 bridgehead atoms. The molecule has 0 amide bonds. The summed E-state index contributed by atoms with van der Waals surface area (Å²) in [5.74, 6) is -0.535. The number of hydrogen-bond acceptors (Lipinski definition) is 0. The molecule has 61 valence electrons. The Labute approximate surface area is 59.4 Å². The van der Waals surface area contributed by atoms with Crippen LogP contribution >= 0.6 is 0 Å². The van der Waals surface area contributed by atoms with Crippen LogP contribution in [0.4, 0.5) is 13.2 Å². The van der Waals surface area contributed by atoms with Gasteiger partial charge in [-0.05, 0) is 12.8 Å². The van der Waals surface area contributed by atoms with Crippen molar-refractivity contribution < 1.29 is 13.2 Å². The predicted octanol–water partition coefficient (Wildman–Crippen LogP) is 2.35. The van der Waals surface area contributed by atoms with Crippen LogP contribution in [0.1, 0.15) is 6.92 Å². The molecule has 0 aliphatic rings. The summed E-state index contributed by atoms with van der Waals surface area (Å²) in [5.41, 5.74) is -1.49. The molecule has 0 rings (SSSR count). The standard InChI is InChI=1S/C7H12F3/c1-6(2)7(3-8,4-9)5-10/h6H,1,3-5H2,2H3. The number of rotatable bonds is 4. The van der Waals surface area contributed by atoms with Gasteiger partial charge in [0.25, 0.3) is 0 Å². The van der Waals surface area contributed by atoms with E-state index in [9.17, 15) is 13.2 Å².